The number of azo groups is 1. The van der Waals surface area contributed by atoms with Gasteiger partial charge in [-0.15, -0.1) is 10.2 Å². The minimum absolute atomic E-state index is 0.0339. The van der Waals surface area contributed by atoms with Gasteiger partial charge in [-0.25, -0.2) is 4.98 Å². The normalized spacial score (nSPS) is 11.3. The molecule has 2 aromatic heterocycles. The third-order valence-corrected chi connectivity index (χ3v) is 3.70. The second-order valence-corrected chi connectivity index (χ2v) is 5.68. The fraction of sp³-hybridized carbons (Fsp3) is 0.176. The molecule has 0 spiro atoms. The number of fused-ring (bicyclic) bond motifs is 1. The number of imidazole rings is 1. The number of halogens is 1. The van der Waals surface area contributed by atoms with Gasteiger partial charge >= 0.3 is 5.97 Å². The van der Waals surface area contributed by atoms with Gasteiger partial charge in [-0.05, 0) is 48.9 Å². The Morgan fingerprint density at radius 3 is 2.71 bits per heavy atom. The van der Waals surface area contributed by atoms with Gasteiger partial charge in [0.2, 0.25) is 0 Å². The van der Waals surface area contributed by atoms with Gasteiger partial charge in [0.15, 0.2) is 5.82 Å². The van der Waals surface area contributed by atoms with E-state index in [0.717, 1.165) is 5.56 Å². The number of aromatic nitrogens is 2. The van der Waals surface area contributed by atoms with Crippen molar-refractivity contribution in [1.82, 2.24) is 9.38 Å². The van der Waals surface area contributed by atoms with E-state index in [0.29, 0.717) is 27.9 Å². The van der Waals surface area contributed by atoms with Gasteiger partial charge in [0.05, 0.1) is 24.9 Å². The number of esters is 1. The fourth-order valence-electron chi connectivity index (χ4n) is 2.23. The maximum atomic E-state index is 11.6. The minimum Gasteiger partial charge on any atom is -0.469 e. The van der Waals surface area contributed by atoms with Crippen molar-refractivity contribution in [3.63, 3.8) is 0 Å². The molecule has 0 atom stereocenters. The first kappa shape index (κ1) is 16.1. The monoisotopic (exact) mass is 342 g/mol. The number of ether oxygens (including phenoxy) is 1. The molecule has 0 aliphatic heterocycles. The Labute approximate surface area is 143 Å². The van der Waals surface area contributed by atoms with Crippen molar-refractivity contribution in [1.29, 1.82) is 0 Å². The Morgan fingerprint density at radius 1 is 1.25 bits per heavy atom. The molecule has 3 rings (SSSR count). The maximum Gasteiger partial charge on any atom is 0.311 e. The van der Waals surface area contributed by atoms with E-state index in [-0.39, 0.29) is 12.4 Å². The van der Waals surface area contributed by atoms with Gasteiger partial charge in [-0.1, -0.05) is 11.6 Å². The van der Waals surface area contributed by atoms with Crippen LogP contribution in [0, 0.1) is 6.92 Å². The van der Waals surface area contributed by atoms with Crippen LogP contribution in [0.2, 0.25) is 5.02 Å². The summed E-state index contributed by atoms with van der Waals surface area (Å²) in [6.45, 7) is 1.98. The molecule has 2 heterocycles. The van der Waals surface area contributed by atoms with Crippen molar-refractivity contribution < 1.29 is 9.53 Å². The number of carbonyl (C=O) groups is 1. The zero-order valence-electron chi connectivity index (χ0n) is 13.2. The van der Waals surface area contributed by atoms with Crippen LogP contribution in [0.15, 0.2) is 52.8 Å². The quantitative estimate of drug-likeness (QED) is 0.520. The van der Waals surface area contributed by atoms with E-state index in [2.05, 4.69) is 15.2 Å². The molecule has 0 radical (unpaired) electrons. The SMILES string of the molecule is COC(=O)Cc1nc2cc(C)ccn2c1N=Nc1ccc(Cl)cc1. The van der Waals surface area contributed by atoms with E-state index >= 15 is 0 Å². The van der Waals surface area contributed by atoms with Crippen LogP contribution in [-0.2, 0) is 16.0 Å². The molecule has 0 saturated carbocycles. The molecule has 0 unspecified atom stereocenters. The molecular formula is C17H15ClN4O2. The number of hydrogen-bond donors (Lipinski definition) is 0. The number of pyridine rings is 1. The van der Waals surface area contributed by atoms with E-state index in [4.69, 9.17) is 16.3 Å². The summed E-state index contributed by atoms with van der Waals surface area (Å²) in [6.07, 6.45) is 1.89. The van der Waals surface area contributed by atoms with Crippen molar-refractivity contribution in [3.05, 3.63) is 58.9 Å². The molecule has 122 valence electrons. The fourth-order valence-corrected chi connectivity index (χ4v) is 2.35. The molecule has 0 aliphatic carbocycles. The predicted octanol–water partition coefficient (Wildman–Crippen LogP) is 4.43. The third kappa shape index (κ3) is 3.44. The van der Waals surface area contributed by atoms with Gasteiger partial charge in [-0.2, -0.15) is 0 Å². The number of hydrogen-bond acceptors (Lipinski definition) is 5. The van der Waals surface area contributed by atoms with Crippen molar-refractivity contribution in [3.8, 4) is 0 Å². The Morgan fingerprint density at radius 2 is 2.00 bits per heavy atom. The number of rotatable bonds is 4. The highest BCUT2D eigenvalue weighted by atomic mass is 35.5. The molecule has 0 fully saturated rings. The number of nitrogens with zero attached hydrogens (tertiary/aromatic N) is 4. The van der Waals surface area contributed by atoms with Gasteiger partial charge in [-0.3, -0.25) is 9.20 Å². The highest BCUT2D eigenvalue weighted by Gasteiger charge is 2.16. The first-order chi connectivity index (χ1) is 11.6. The van der Waals surface area contributed by atoms with Crippen LogP contribution in [0.4, 0.5) is 11.5 Å². The second-order valence-electron chi connectivity index (χ2n) is 5.24. The predicted molar refractivity (Wildman–Crippen MR) is 91.3 cm³/mol. The topological polar surface area (TPSA) is 68.3 Å². The Bertz CT molecular complexity index is 916. The standard InChI is InChI=1S/C17H15ClN4O2/c1-11-7-8-22-15(9-11)19-14(10-16(23)24-2)17(22)21-20-13-5-3-12(18)4-6-13/h3-9H,10H2,1-2H3. The second kappa shape index (κ2) is 6.80. The highest BCUT2D eigenvalue weighted by molar-refractivity contribution is 6.30. The molecule has 0 bridgehead atoms. The molecule has 1 aromatic carbocycles. The Balaban J connectivity index is 2.04. The summed E-state index contributed by atoms with van der Waals surface area (Å²) >= 11 is 5.87. The first-order valence-electron chi connectivity index (χ1n) is 7.28. The number of aryl methyl sites for hydroxylation is 1. The van der Waals surface area contributed by atoms with Crippen LogP contribution >= 0.6 is 11.6 Å². The summed E-state index contributed by atoms with van der Waals surface area (Å²) in [5.74, 6) is 0.128. The largest absolute Gasteiger partial charge is 0.469 e. The van der Waals surface area contributed by atoms with Crippen LogP contribution in [0.5, 0.6) is 0 Å². The summed E-state index contributed by atoms with van der Waals surface area (Å²) in [7, 11) is 1.34. The first-order valence-corrected chi connectivity index (χ1v) is 7.66. The lowest BCUT2D eigenvalue weighted by Gasteiger charge is -1.99. The molecule has 0 aliphatic rings. The maximum absolute atomic E-state index is 11.6. The number of methoxy groups -OCH3 is 1. The lowest BCUT2D eigenvalue weighted by atomic mass is 10.3. The average Bonchev–Trinajstić information content (AvgIpc) is 2.90. The minimum atomic E-state index is -0.377. The summed E-state index contributed by atoms with van der Waals surface area (Å²) in [5, 5.41) is 9.13. The molecule has 6 nitrogen and oxygen atoms in total. The van der Waals surface area contributed by atoms with Gasteiger partial charge in [0.1, 0.15) is 5.65 Å². The van der Waals surface area contributed by atoms with Gasteiger partial charge in [0, 0.05) is 11.2 Å². The van der Waals surface area contributed by atoms with Crippen molar-refractivity contribution in [2.75, 3.05) is 7.11 Å². The summed E-state index contributed by atoms with van der Waals surface area (Å²) < 4.78 is 6.53. The van der Waals surface area contributed by atoms with E-state index in [9.17, 15) is 4.79 Å². The van der Waals surface area contributed by atoms with E-state index in [1.54, 1.807) is 28.7 Å². The molecule has 0 saturated heterocycles. The number of carbonyl (C=O) groups excluding carboxylic acids is 1. The van der Waals surface area contributed by atoms with E-state index in [1.807, 2.05) is 25.3 Å². The molecule has 7 heteroatoms. The smallest absolute Gasteiger partial charge is 0.311 e. The lowest BCUT2D eigenvalue weighted by Crippen LogP contribution is -2.04. The summed E-state index contributed by atoms with van der Waals surface area (Å²) in [6, 6.07) is 10.9. The molecular weight excluding hydrogens is 328 g/mol. The molecule has 3 aromatic rings. The van der Waals surface area contributed by atoms with Gasteiger partial charge in [0.25, 0.3) is 0 Å². The zero-order valence-corrected chi connectivity index (χ0v) is 14.0. The van der Waals surface area contributed by atoms with Crippen LogP contribution in [0.1, 0.15) is 11.3 Å². The molecule has 0 N–H and O–H groups in total. The van der Waals surface area contributed by atoms with Crippen molar-refractivity contribution >= 4 is 34.7 Å². The van der Waals surface area contributed by atoms with Crippen LogP contribution in [-0.4, -0.2) is 22.5 Å². The van der Waals surface area contributed by atoms with Crippen LogP contribution in [0.3, 0.4) is 0 Å². The van der Waals surface area contributed by atoms with Crippen molar-refractivity contribution in [2.45, 2.75) is 13.3 Å². The Hall–Kier alpha value is -2.73. The van der Waals surface area contributed by atoms with Gasteiger partial charge < -0.3 is 4.74 Å². The third-order valence-electron chi connectivity index (χ3n) is 3.45. The molecule has 0 amide bonds. The molecule has 24 heavy (non-hydrogen) atoms. The van der Waals surface area contributed by atoms with Crippen LogP contribution in [0.25, 0.3) is 5.65 Å². The highest BCUT2D eigenvalue weighted by Crippen LogP contribution is 2.26. The van der Waals surface area contributed by atoms with E-state index in [1.165, 1.54) is 7.11 Å². The average molecular weight is 343 g/mol. The Kier molecular flexibility index (Phi) is 4.57. The lowest BCUT2D eigenvalue weighted by molar-refractivity contribution is -0.139. The zero-order chi connectivity index (χ0) is 17.1. The van der Waals surface area contributed by atoms with E-state index < -0.39 is 0 Å². The number of benzene rings is 1. The van der Waals surface area contributed by atoms with Crippen LogP contribution < -0.4 is 0 Å². The summed E-state index contributed by atoms with van der Waals surface area (Å²) in [5.41, 5.74) is 2.95. The van der Waals surface area contributed by atoms with Crippen molar-refractivity contribution in [2.24, 2.45) is 10.2 Å². The summed E-state index contributed by atoms with van der Waals surface area (Å²) in [4.78, 5) is 16.1.